The van der Waals surface area contributed by atoms with Gasteiger partial charge in [-0.05, 0) is 31.2 Å². The molecule has 0 N–H and O–H groups in total. The Morgan fingerprint density at radius 2 is 1.38 bits per heavy atom. The van der Waals surface area contributed by atoms with Crippen LogP contribution in [0.25, 0.3) is 0 Å². The molecule has 2 aliphatic rings. The Morgan fingerprint density at radius 1 is 0.731 bits per heavy atom. The first kappa shape index (κ1) is 17.3. The molecule has 0 aliphatic carbocycles. The lowest BCUT2D eigenvalue weighted by molar-refractivity contribution is 0.260. The lowest BCUT2D eigenvalue weighted by Gasteiger charge is -2.36. The second kappa shape index (κ2) is 8.49. The van der Waals surface area contributed by atoms with Crippen molar-refractivity contribution in [2.45, 2.75) is 25.7 Å². The molecule has 0 unspecified atom stereocenters. The largest absolute Gasteiger partial charge is 0.356 e. The fourth-order valence-electron chi connectivity index (χ4n) is 3.94. The number of rotatable bonds is 5. The number of hydrogen-bond acceptors (Lipinski definition) is 5. The molecule has 5 nitrogen and oxygen atoms in total. The highest BCUT2D eigenvalue weighted by Crippen LogP contribution is 2.22. The number of benzene rings is 1. The smallest absolute Gasteiger partial charge is 0.134 e. The maximum atomic E-state index is 4.55. The predicted molar refractivity (Wildman–Crippen MR) is 107 cm³/mol. The van der Waals surface area contributed by atoms with E-state index < -0.39 is 0 Å². The van der Waals surface area contributed by atoms with Crippen LogP contribution in [-0.2, 0) is 6.42 Å². The van der Waals surface area contributed by atoms with Gasteiger partial charge in [-0.3, -0.25) is 4.90 Å². The van der Waals surface area contributed by atoms with E-state index in [0.717, 1.165) is 63.9 Å². The molecule has 1 aromatic carbocycles. The van der Waals surface area contributed by atoms with E-state index in [1.54, 1.807) is 6.33 Å². The van der Waals surface area contributed by atoms with Gasteiger partial charge in [-0.15, -0.1) is 0 Å². The lowest BCUT2D eigenvalue weighted by atomic mass is 10.1. The molecule has 0 spiro atoms. The molecule has 26 heavy (non-hydrogen) atoms. The maximum Gasteiger partial charge on any atom is 0.134 e. The van der Waals surface area contributed by atoms with Crippen molar-refractivity contribution in [2.75, 3.05) is 55.6 Å². The van der Waals surface area contributed by atoms with Crippen molar-refractivity contribution < 1.29 is 0 Å². The summed E-state index contributed by atoms with van der Waals surface area (Å²) in [6.07, 6.45) is 6.77. The third kappa shape index (κ3) is 4.33. The second-order valence-electron chi connectivity index (χ2n) is 7.35. The van der Waals surface area contributed by atoms with Crippen LogP contribution in [0.15, 0.2) is 42.7 Å². The normalized spacial score (nSPS) is 18.9. The van der Waals surface area contributed by atoms with Crippen LogP contribution in [-0.4, -0.2) is 60.7 Å². The first-order valence-corrected chi connectivity index (χ1v) is 9.97. The van der Waals surface area contributed by atoms with Crippen molar-refractivity contribution in [3.05, 3.63) is 48.3 Å². The third-order valence-corrected chi connectivity index (χ3v) is 5.57. The summed E-state index contributed by atoms with van der Waals surface area (Å²) in [7, 11) is 0. The Labute approximate surface area is 156 Å². The van der Waals surface area contributed by atoms with Gasteiger partial charge in [0.05, 0.1) is 0 Å². The molecule has 1 aromatic heterocycles. The van der Waals surface area contributed by atoms with Crippen LogP contribution in [0.5, 0.6) is 0 Å². The van der Waals surface area contributed by atoms with Crippen LogP contribution in [0.3, 0.4) is 0 Å². The topological polar surface area (TPSA) is 35.5 Å². The molecule has 2 saturated heterocycles. The van der Waals surface area contributed by atoms with E-state index in [2.05, 4.69) is 61.1 Å². The number of anilines is 2. The highest BCUT2D eigenvalue weighted by atomic mass is 15.3. The molecule has 5 heteroatoms. The van der Waals surface area contributed by atoms with Gasteiger partial charge >= 0.3 is 0 Å². The summed E-state index contributed by atoms with van der Waals surface area (Å²) in [5.74, 6) is 2.18. The Morgan fingerprint density at radius 3 is 2.08 bits per heavy atom. The van der Waals surface area contributed by atoms with Crippen molar-refractivity contribution in [1.29, 1.82) is 0 Å². The lowest BCUT2D eigenvalue weighted by Crippen LogP contribution is -2.47. The van der Waals surface area contributed by atoms with Gasteiger partial charge in [0.15, 0.2) is 0 Å². The van der Waals surface area contributed by atoms with E-state index in [1.807, 2.05) is 0 Å². The van der Waals surface area contributed by atoms with Crippen molar-refractivity contribution in [3.63, 3.8) is 0 Å². The molecular formula is C21H29N5. The maximum absolute atomic E-state index is 4.55. The number of aromatic nitrogens is 2. The molecule has 0 amide bonds. The average molecular weight is 351 g/mol. The van der Waals surface area contributed by atoms with Crippen LogP contribution >= 0.6 is 0 Å². The van der Waals surface area contributed by atoms with Gasteiger partial charge < -0.3 is 9.80 Å². The molecule has 2 aliphatic heterocycles. The number of piperidine rings is 1. The molecule has 138 valence electrons. The fraction of sp³-hybridized carbons (Fsp3) is 0.524. The molecule has 2 fully saturated rings. The van der Waals surface area contributed by atoms with Crippen LogP contribution in [0, 0.1) is 0 Å². The standard InChI is InChI=1S/C21H29N5/c1-3-7-19(8-4-1)9-12-24-13-15-26(16-14-24)21-17-20(22-18-23-21)25-10-5-2-6-11-25/h1,3-4,7-8,17-18H,2,5-6,9-16H2. The Bertz CT molecular complexity index is 676. The average Bonchev–Trinajstić information content (AvgIpc) is 2.74. The molecule has 0 saturated carbocycles. The first-order chi connectivity index (χ1) is 12.9. The van der Waals surface area contributed by atoms with Gasteiger partial charge in [0.1, 0.15) is 18.0 Å². The second-order valence-corrected chi connectivity index (χ2v) is 7.35. The molecule has 2 aromatic rings. The van der Waals surface area contributed by atoms with Gasteiger partial charge in [0.25, 0.3) is 0 Å². The van der Waals surface area contributed by atoms with Gasteiger partial charge in [0.2, 0.25) is 0 Å². The molecule has 3 heterocycles. The van der Waals surface area contributed by atoms with Gasteiger partial charge in [-0.1, -0.05) is 30.3 Å². The number of hydrogen-bond donors (Lipinski definition) is 0. The van der Waals surface area contributed by atoms with Crippen molar-refractivity contribution >= 4 is 11.6 Å². The summed E-state index contributed by atoms with van der Waals surface area (Å²) >= 11 is 0. The quantitative estimate of drug-likeness (QED) is 0.828. The summed E-state index contributed by atoms with van der Waals surface area (Å²) in [4.78, 5) is 16.4. The summed E-state index contributed by atoms with van der Waals surface area (Å²) in [6, 6.07) is 13.0. The third-order valence-electron chi connectivity index (χ3n) is 5.57. The van der Waals surface area contributed by atoms with E-state index >= 15 is 0 Å². The fourth-order valence-corrected chi connectivity index (χ4v) is 3.94. The summed E-state index contributed by atoms with van der Waals surface area (Å²) in [6.45, 7) is 7.70. The van der Waals surface area contributed by atoms with E-state index in [0.29, 0.717) is 0 Å². The summed E-state index contributed by atoms with van der Waals surface area (Å²) < 4.78 is 0. The van der Waals surface area contributed by atoms with Gasteiger partial charge in [-0.25, -0.2) is 9.97 Å². The summed E-state index contributed by atoms with van der Waals surface area (Å²) in [5, 5.41) is 0. The van der Waals surface area contributed by atoms with E-state index in [-0.39, 0.29) is 0 Å². The molecular weight excluding hydrogens is 322 g/mol. The van der Waals surface area contributed by atoms with Crippen molar-refractivity contribution in [3.8, 4) is 0 Å². The highest BCUT2D eigenvalue weighted by Gasteiger charge is 2.19. The predicted octanol–water partition coefficient (Wildman–Crippen LogP) is 2.83. The highest BCUT2D eigenvalue weighted by molar-refractivity contribution is 5.50. The molecule has 0 atom stereocenters. The molecule has 0 bridgehead atoms. The minimum Gasteiger partial charge on any atom is -0.356 e. The Hall–Kier alpha value is -2.14. The Balaban J connectivity index is 1.30. The zero-order chi connectivity index (χ0) is 17.6. The Kier molecular flexibility index (Phi) is 5.65. The van der Waals surface area contributed by atoms with Gasteiger partial charge in [0, 0.05) is 51.9 Å². The molecule has 4 rings (SSSR count). The number of piperazine rings is 1. The SMILES string of the molecule is c1ccc(CCN2CCN(c3cc(N4CCCCC4)ncn3)CC2)cc1. The van der Waals surface area contributed by atoms with Crippen LogP contribution in [0.4, 0.5) is 11.6 Å². The van der Waals surface area contributed by atoms with Crippen LogP contribution in [0.2, 0.25) is 0 Å². The van der Waals surface area contributed by atoms with Crippen LogP contribution in [0.1, 0.15) is 24.8 Å². The molecule has 0 radical (unpaired) electrons. The first-order valence-electron chi connectivity index (χ1n) is 9.97. The monoisotopic (exact) mass is 351 g/mol. The van der Waals surface area contributed by atoms with E-state index in [4.69, 9.17) is 0 Å². The van der Waals surface area contributed by atoms with Crippen molar-refractivity contribution in [1.82, 2.24) is 14.9 Å². The number of nitrogens with zero attached hydrogens (tertiary/aromatic N) is 5. The zero-order valence-corrected chi connectivity index (χ0v) is 15.6. The minimum atomic E-state index is 1.05. The minimum absolute atomic E-state index is 1.05. The van der Waals surface area contributed by atoms with Crippen molar-refractivity contribution in [2.24, 2.45) is 0 Å². The summed E-state index contributed by atoms with van der Waals surface area (Å²) in [5.41, 5.74) is 1.43. The van der Waals surface area contributed by atoms with Crippen LogP contribution < -0.4 is 9.80 Å². The van der Waals surface area contributed by atoms with E-state index in [1.165, 1.54) is 24.8 Å². The zero-order valence-electron chi connectivity index (χ0n) is 15.6. The van der Waals surface area contributed by atoms with Gasteiger partial charge in [-0.2, -0.15) is 0 Å². The van der Waals surface area contributed by atoms with E-state index in [9.17, 15) is 0 Å².